The maximum atomic E-state index is 10.9. The average Bonchev–Trinajstić information content (AvgIpc) is 3.06. The van der Waals surface area contributed by atoms with Crippen LogP contribution in [0.2, 0.25) is 0 Å². The Balaban J connectivity index is 2.02. The highest BCUT2D eigenvalue weighted by atomic mass is 16.6. The summed E-state index contributed by atoms with van der Waals surface area (Å²) in [6.07, 6.45) is 4.80. The van der Waals surface area contributed by atoms with E-state index >= 15 is 0 Å². The minimum atomic E-state index is -0.474. The minimum absolute atomic E-state index is 0.0581. The lowest BCUT2D eigenvalue weighted by Gasteiger charge is -2.07. The number of anilines is 2. The molecule has 0 amide bonds. The number of nitrogens with one attached hydrogen (secondary N) is 1. The van der Waals surface area contributed by atoms with Crippen LogP contribution in [0.15, 0.2) is 0 Å². The molecule has 0 aliphatic heterocycles. The van der Waals surface area contributed by atoms with Crippen molar-refractivity contribution in [3.8, 4) is 0 Å². The lowest BCUT2D eigenvalue weighted by atomic mass is 10.2. The summed E-state index contributed by atoms with van der Waals surface area (Å²) >= 11 is 0. The molecule has 0 atom stereocenters. The molecule has 2 rings (SSSR count). The van der Waals surface area contributed by atoms with Crippen molar-refractivity contribution in [1.29, 1.82) is 0 Å². The van der Waals surface area contributed by atoms with E-state index in [-0.39, 0.29) is 23.1 Å². The van der Waals surface area contributed by atoms with Gasteiger partial charge in [-0.05, 0) is 25.7 Å². The zero-order valence-electron chi connectivity index (χ0n) is 10.3. The maximum Gasteiger partial charge on any atom is 0.332 e. The lowest BCUT2D eigenvalue weighted by Crippen LogP contribution is -2.10. The molecular formula is C11H17N5O2. The third-order valence-electron chi connectivity index (χ3n) is 3.04. The first-order chi connectivity index (χ1) is 8.58. The summed E-state index contributed by atoms with van der Waals surface area (Å²) in [6.45, 7) is 2.23. The van der Waals surface area contributed by atoms with E-state index in [2.05, 4.69) is 15.3 Å². The highest BCUT2D eigenvalue weighted by Crippen LogP contribution is 2.33. The fourth-order valence-corrected chi connectivity index (χ4v) is 1.93. The van der Waals surface area contributed by atoms with Crippen LogP contribution >= 0.6 is 0 Å². The van der Waals surface area contributed by atoms with Crippen LogP contribution in [-0.2, 0) is 0 Å². The molecule has 0 saturated heterocycles. The second kappa shape index (κ2) is 5.16. The Morgan fingerprint density at radius 1 is 1.50 bits per heavy atom. The van der Waals surface area contributed by atoms with Gasteiger partial charge in [-0.1, -0.05) is 12.8 Å². The van der Waals surface area contributed by atoms with Crippen molar-refractivity contribution in [2.75, 3.05) is 17.6 Å². The Hall–Kier alpha value is -1.92. The van der Waals surface area contributed by atoms with E-state index in [1.54, 1.807) is 6.92 Å². The maximum absolute atomic E-state index is 10.9. The van der Waals surface area contributed by atoms with Gasteiger partial charge in [0.1, 0.15) is 5.69 Å². The highest BCUT2D eigenvalue weighted by Gasteiger charge is 2.22. The van der Waals surface area contributed by atoms with Gasteiger partial charge in [0.2, 0.25) is 11.8 Å². The van der Waals surface area contributed by atoms with Crippen molar-refractivity contribution in [2.45, 2.75) is 32.6 Å². The summed E-state index contributed by atoms with van der Waals surface area (Å²) in [4.78, 5) is 18.2. The number of aryl methyl sites for hydroxylation is 1. The molecule has 1 fully saturated rings. The van der Waals surface area contributed by atoms with Crippen molar-refractivity contribution in [2.24, 2.45) is 5.92 Å². The number of rotatable bonds is 6. The molecule has 1 heterocycles. The van der Waals surface area contributed by atoms with Crippen molar-refractivity contribution < 1.29 is 4.92 Å². The van der Waals surface area contributed by atoms with Crippen LogP contribution in [0.25, 0.3) is 0 Å². The molecule has 7 nitrogen and oxygen atoms in total. The SMILES string of the molecule is Cc1nc(N)nc(NCCCC2CC2)c1[N+](=O)[O-]. The molecule has 1 aromatic heterocycles. The van der Waals surface area contributed by atoms with Crippen molar-refractivity contribution in [1.82, 2.24) is 9.97 Å². The molecule has 1 aromatic rings. The first kappa shape index (κ1) is 12.5. The molecule has 0 spiro atoms. The van der Waals surface area contributed by atoms with E-state index in [9.17, 15) is 10.1 Å². The average molecular weight is 251 g/mol. The summed E-state index contributed by atoms with van der Waals surface area (Å²) in [6, 6.07) is 0. The zero-order chi connectivity index (χ0) is 13.1. The number of aromatic nitrogens is 2. The molecule has 3 N–H and O–H groups in total. The quantitative estimate of drug-likeness (QED) is 0.454. The fraction of sp³-hybridized carbons (Fsp3) is 0.636. The third kappa shape index (κ3) is 3.06. The van der Waals surface area contributed by atoms with Crippen molar-refractivity contribution >= 4 is 17.5 Å². The number of nitrogen functional groups attached to an aromatic ring is 1. The van der Waals surface area contributed by atoms with Crippen LogP contribution in [-0.4, -0.2) is 21.4 Å². The van der Waals surface area contributed by atoms with Crippen LogP contribution in [0.3, 0.4) is 0 Å². The monoisotopic (exact) mass is 251 g/mol. The Labute approximate surface area is 105 Å². The van der Waals surface area contributed by atoms with E-state index in [0.717, 1.165) is 12.3 Å². The fourth-order valence-electron chi connectivity index (χ4n) is 1.93. The molecule has 0 radical (unpaired) electrons. The molecule has 1 saturated carbocycles. The van der Waals surface area contributed by atoms with Crippen LogP contribution in [0.1, 0.15) is 31.4 Å². The van der Waals surface area contributed by atoms with E-state index in [4.69, 9.17) is 5.73 Å². The third-order valence-corrected chi connectivity index (χ3v) is 3.04. The Morgan fingerprint density at radius 3 is 2.83 bits per heavy atom. The second-order valence-corrected chi connectivity index (χ2v) is 4.63. The lowest BCUT2D eigenvalue weighted by molar-refractivity contribution is -0.385. The molecule has 0 aromatic carbocycles. The van der Waals surface area contributed by atoms with Gasteiger partial charge < -0.3 is 11.1 Å². The second-order valence-electron chi connectivity index (χ2n) is 4.63. The summed E-state index contributed by atoms with van der Waals surface area (Å²) < 4.78 is 0. The number of nitrogens with two attached hydrogens (primary N) is 1. The van der Waals surface area contributed by atoms with Crippen LogP contribution in [0, 0.1) is 23.0 Å². The van der Waals surface area contributed by atoms with Crippen molar-refractivity contribution in [3.05, 3.63) is 15.8 Å². The minimum Gasteiger partial charge on any atom is -0.368 e. The van der Waals surface area contributed by atoms with Gasteiger partial charge >= 0.3 is 5.69 Å². The van der Waals surface area contributed by atoms with Gasteiger partial charge in [0.05, 0.1) is 4.92 Å². The first-order valence-electron chi connectivity index (χ1n) is 6.10. The number of hydrogen-bond acceptors (Lipinski definition) is 6. The van der Waals surface area contributed by atoms with Gasteiger partial charge in [0.25, 0.3) is 0 Å². The highest BCUT2D eigenvalue weighted by molar-refractivity contribution is 5.60. The Morgan fingerprint density at radius 2 is 2.22 bits per heavy atom. The molecule has 7 heteroatoms. The molecule has 1 aliphatic rings. The number of nitrogens with zero attached hydrogens (tertiary/aromatic N) is 3. The molecule has 98 valence electrons. The van der Waals surface area contributed by atoms with E-state index < -0.39 is 4.92 Å². The van der Waals surface area contributed by atoms with Gasteiger partial charge in [-0.3, -0.25) is 10.1 Å². The largest absolute Gasteiger partial charge is 0.368 e. The summed E-state index contributed by atoms with van der Waals surface area (Å²) in [5.74, 6) is 1.14. The van der Waals surface area contributed by atoms with Gasteiger partial charge in [-0.2, -0.15) is 4.98 Å². The van der Waals surface area contributed by atoms with E-state index in [1.165, 1.54) is 19.3 Å². The smallest absolute Gasteiger partial charge is 0.332 e. The topological polar surface area (TPSA) is 107 Å². The number of nitro groups is 1. The normalized spacial score (nSPS) is 14.5. The van der Waals surface area contributed by atoms with Gasteiger partial charge in [0.15, 0.2) is 0 Å². The summed E-state index contributed by atoms with van der Waals surface area (Å²) in [5.41, 5.74) is 5.71. The van der Waals surface area contributed by atoms with E-state index in [0.29, 0.717) is 6.54 Å². The predicted molar refractivity (Wildman–Crippen MR) is 68.3 cm³/mol. The van der Waals surface area contributed by atoms with Crippen molar-refractivity contribution in [3.63, 3.8) is 0 Å². The van der Waals surface area contributed by atoms with Gasteiger partial charge in [-0.15, -0.1) is 0 Å². The van der Waals surface area contributed by atoms with Gasteiger partial charge in [0, 0.05) is 6.54 Å². The van der Waals surface area contributed by atoms with Crippen LogP contribution < -0.4 is 11.1 Å². The van der Waals surface area contributed by atoms with Gasteiger partial charge in [-0.25, -0.2) is 4.98 Å². The summed E-state index contributed by atoms with van der Waals surface area (Å²) in [5, 5.41) is 13.9. The standard InChI is InChI=1S/C11H17N5O2/c1-7-9(16(17)18)10(15-11(12)14-7)13-6-2-3-8-4-5-8/h8H,2-6H2,1H3,(H3,12,13,14,15). The predicted octanol–water partition coefficient (Wildman–Crippen LogP) is 1.88. The van der Waals surface area contributed by atoms with Crippen LogP contribution in [0.4, 0.5) is 17.5 Å². The first-order valence-corrected chi connectivity index (χ1v) is 6.10. The van der Waals surface area contributed by atoms with Crippen LogP contribution in [0.5, 0.6) is 0 Å². The molecule has 0 unspecified atom stereocenters. The molecule has 18 heavy (non-hydrogen) atoms. The molecule has 1 aliphatic carbocycles. The number of hydrogen-bond donors (Lipinski definition) is 2. The van der Waals surface area contributed by atoms with E-state index in [1.807, 2.05) is 0 Å². The molecular weight excluding hydrogens is 234 g/mol. The Bertz CT molecular complexity index is 459. The Kier molecular flexibility index (Phi) is 3.59. The summed E-state index contributed by atoms with van der Waals surface area (Å²) in [7, 11) is 0. The zero-order valence-corrected chi connectivity index (χ0v) is 10.3. The molecule has 0 bridgehead atoms.